The van der Waals surface area contributed by atoms with Crippen LogP contribution in [0.3, 0.4) is 0 Å². The molecule has 28 heavy (non-hydrogen) atoms. The van der Waals surface area contributed by atoms with E-state index in [1.807, 2.05) is 9.58 Å². The number of hydrogen-bond donors (Lipinski definition) is 1. The Morgan fingerprint density at radius 2 is 1.86 bits per heavy atom. The molecule has 7 nitrogen and oxygen atoms in total. The summed E-state index contributed by atoms with van der Waals surface area (Å²) in [5.41, 5.74) is 2.84. The molecule has 2 heterocycles. The Morgan fingerprint density at radius 1 is 1.18 bits per heavy atom. The first kappa shape index (κ1) is 19.1. The average molecular weight is 403 g/mol. The molecule has 1 aromatic carbocycles. The predicted octanol–water partition coefficient (Wildman–Crippen LogP) is 2.09. The van der Waals surface area contributed by atoms with E-state index >= 15 is 0 Å². The van der Waals surface area contributed by atoms with E-state index in [1.54, 1.807) is 0 Å². The molecule has 4 rings (SSSR count). The Hall–Kier alpha value is -2.19. The molecule has 0 radical (unpaired) electrons. The topological polar surface area (TPSA) is 98.3 Å². The Labute approximate surface area is 165 Å². The minimum absolute atomic E-state index is 0.0107. The van der Waals surface area contributed by atoms with E-state index in [2.05, 4.69) is 27.0 Å². The van der Waals surface area contributed by atoms with Crippen molar-refractivity contribution < 1.29 is 13.2 Å². The number of aromatic nitrogens is 2. The van der Waals surface area contributed by atoms with Crippen LogP contribution < -0.4 is 5.14 Å². The SMILES string of the molecule is CC(C)(C)n1cc2c(n1)[C@H]1CN(C(=O)c3ccc(S(N)(=O)=O)cc3)C[C@H]1CC2. The number of fused-ring (bicyclic) bond motifs is 3. The molecule has 1 amide bonds. The summed E-state index contributed by atoms with van der Waals surface area (Å²) in [6.45, 7) is 7.77. The molecule has 2 aromatic rings. The second-order valence-electron chi connectivity index (χ2n) is 8.84. The molecule has 8 heteroatoms. The second-order valence-corrected chi connectivity index (χ2v) is 10.4. The predicted molar refractivity (Wildman–Crippen MR) is 105 cm³/mol. The number of nitrogens with zero attached hydrogens (tertiary/aromatic N) is 3. The third kappa shape index (κ3) is 3.35. The average Bonchev–Trinajstić information content (AvgIpc) is 3.23. The van der Waals surface area contributed by atoms with Crippen LogP contribution in [0.1, 0.15) is 54.7 Å². The lowest BCUT2D eigenvalue weighted by Gasteiger charge is -2.22. The molecule has 0 unspecified atom stereocenters. The van der Waals surface area contributed by atoms with Crippen molar-refractivity contribution >= 4 is 15.9 Å². The number of primary sulfonamides is 1. The highest BCUT2D eigenvalue weighted by atomic mass is 32.2. The van der Waals surface area contributed by atoms with Crippen molar-refractivity contribution in [3.8, 4) is 0 Å². The number of likely N-dealkylation sites (tertiary alicyclic amines) is 1. The molecule has 1 fully saturated rings. The van der Waals surface area contributed by atoms with Crippen LogP contribution in [-0.2, 0) is 22.0 Å². The van der Waals surface area contributed by atoms with Crippen LogP contribution in [0.15, 0.2) is 35.4 Å². The molecule has 1 aliphatic carbocycles. The number of aryl methyl sites for hydroxylation is 1. The van der Waals surface area contributed by atoms with Gasteiger partial charge in [0.25, 0.3) is 5.91 Å². The summed E-state index contributed by atoms with van der Waals surface area (Å²) >= 11 is 0. The Bertz CT molecular complexity index is 1020. The van der Waals surface area contributed by atoms with Gasteiger partial charge in [-0.2, -0.15) is 5.10 Å². The van der Waals surface area contributed by atoms with Crippen molar-refractivity contribution in [3.63, 3.8) is 0 Å². The van der Waals surface area contributed by atoms with Gasteiger partial charge in [-0.05, 0) is 69.4 Å². The van der Waals surface area contributed by atoms with Crippen LogP contribution in [0.25, 0.3) is 0 Å². The maximum absolute atomic E-state index is 12.9. The molecule has 0 saturated carbocycles. The van der Waals surface area contributed by atoms with Gasteiger partial charge in [0.1, 0.15) is 0 Å². The maximum atomic E-state index is 12.9. The van der Waals surface area contributed by atoms with Gasteiger partial charge in [-0.3, -0.25) is 9.48 Å². The van der Waals surface area contributed by atoms with E-state index < -0.39 is 10.0 Å². The van der Waals surface area contributed by atoms with Crippen molar-refractivity contribution in [1.29, 1.82) is 0 Å². The number of carbonyl (C=O) groups excluding carboxylic acids is 1. The van der Waals surface area contributed by atoms with E-state index in [1.165, 1.54) is 29.8 Å². The first-order chi connectivity index (χ1) is 13.0. The van der Waals surface area contributed by atoms with Crippen LogP contribution in [0.2, 0.25) is 0 Å². The summed E-state index contributed by atoms with van der Waals surface area (Å²) < 4.78 is 24.8. The van der Waals surface area contributed by atoms with E-state index in [0.29, 0.717) is 24.6 Å². The summed E-state index contributed by atoms with van der Waals surface area (Å²) in [6, 6.07) is 5.83. The molecular weight excluding hydrogens is 376 g/mol. The zero-order valence-electron chi connectivity index (χ0n) is 16.4. The van der Waals surface area contributed by atoms with Crippen molar-refractivity contribution in [2.45, 2.75) is 50.0 Å². The summed E-state index contributed by atoms with van der Waals surface area (Å²) in [6.07, 6.45) is 4.21. The van der Waals surface area contributed by atoms with Gasteiger partial charge in [0.2, 0.25) is 10.0 Å². The monoisotopic (exact) mass is 402 g/mol. The number of hydrogen-bond acceptors (Lipinski definition) is 4. The molecular formula is C20H26N4O3S. The lowest BCUT2D eigenvalue weighted by atomic mass is 9.81. The zero-order chi connectivity index (χ0) is 20.3. The van der Waals surface area contributed by atoms with E-state index in [4.69, 9.17) is 10.2 Å². The number of benzene rings is 1. The molecule has 2 atom stereocenters. The van der Waals surface area contributed by atoms with Gasteiger partial charge < -0.3 is 4.90 Å². The van der Waals surface area contributed by atoms with Crippen molar-refractivity contribution in [3.05, 3.63) is 47.3 Å². The molecule has 1 aliphatic heterocycles. The minimum Gasteiger partial charge on any atom is -0.338 e. The third-order valence-corrected chi connectivity index (χ3v) is 6.73. The van der Waals surface area contributed by atoms with Gasteiger partial charge in [-0.25, -0.2) is 13.6 Å². The van der Waals surface area contributed by atoms with Gasteiger partial charge in [0.05, 0.1) is 16.1 Å². The molecule has 0 bridgehead atoms. The van der Waals surface area contributed by atoms with E-state index in [9.17, 15) is 13.2 Å². The van der Waals surface area contributed by atoms with E-state index in [0.717, 1.165) is 18.5 Å². The molecule has 2 N–H and O–H groups in total. The van der Waals surface area contributed by atoms with Crippen LogP contribution in [-0.4, -0.2) is 42.1 Å². The van der Waals surface area contributed by atoms with Crippen LogP contribution in [0.5, 0.6) is 0 Å². The van der Waals surface area contributed by atoms with Crippen LogP contribution in [0, 0.1) is 5.92 Å². The molecule has 0 spiro atoms. The Kier molecular flexibility index (Phi) is 4.39. The largest absolute Gasteiger partial charge is 0.338 e. The van der Waals surface area contributed by atoms with E-state index in [-0.39, 0.29) is 22.3 Å². The van der Waals surface area contributed by atoms with Crippen molar-refractivity contribution in [2.24, 2.45) is 11.1 Å². The Balaban J connectivity index is 1.55. The second kappa shape index (κ2) is 6.42. The fourth-order valence-electron chi connectivity index (χ4n) is 4.22. The molecule has 150 valence electrons. The smallest absolute Gasteiger partial charge is 0.253 e. The molecule has 1 aromatic heterocycles. The number of rotatable bonds is 2. The normalized spacial score (nSPS) is 22.1. The minimum atomic E-state index is -3.76. The van der Waals surface area contributed by atoms with Gasteiger partial charge in [-0.1, -0.05) is 0 Å². The van der Waals surface area contributed by atoms with Gasteiger partial charge in [-0.15, -0.1) is 0 Å². The van der Waals surface area contributed by atoms with Crippen LogP contribution in [0.4, 0.5) is 0 Å². The fourth-order valence-corrected chi connectivity index (χ4v) is 4.74. The van der Waals surface area contributed by atoms with Crippen molar-refractivity contribution in [1.82, 2.24) is 14.7 Å². The summed E-state index contributed by atoms with van der Waals surface area (Å²) in [4.78, 5) is 14.8. The van der Waals surface area contributed by atoms with Gasteiger partial charge in [0, 0.05) is 30.8 Å². The zero-order valence-corrected chi connectivity index (χ0v) is 17.2. The molecule has 2 aliphatic rings. The molecule has 1 saturated heterocycles. The Morgan fingerprint density at radius 3 is 2.46 bits per heavy atom. The third-order valence-electron chi connectivity index (χ3n) is 5.80. The number of carbonyl (C=O) groups is 1. The maximum Gasteiger partial charge on any atom is 0.253 e. The summed E-state index contributed by atoms with van der Waals surface area (Å²) in [5, 5.41) is 10.00. The standard InChI is InChI=1S/C20H26N4O3S/c1-20(2,3)24-11-15-5-4-14-10-23(12-17(14)18(15)22-24)19(25)13-6-8-16(9-7-13)28(21,26)27/h6-9,11,14,17H,4-5,10,12H2,1-3H3,(H2,21,26,27)/t14-,17+/m1/s1. The highest BCUT2D eigenvalue weighted by Gasteiger charge is 2.41. The van der Waals surface area contributed by atoms with Crippen LogP contribution >= 0.6 is 0 Å². The fraction of sp³-hybridized carbons (Fsp3) is 0.500. The lowest BCUT2D eigenvalue weighted by molar-refractivity contribution is 0.0785. The summed E-state index contributed by atoms with van der Waals surface area (Å²) in [7, 11) is -3.76. The first-order valence-electron chi connectivity index (χ1n) is 9.55. The number of sulfonamides is 1. The summed E-state index contributed by atoms with van der Waals surface area (Å²) in [5.74, 6) is 0.607. The first-order valence-corrected chi connectivity index (χ1v) is 11.1. The van der Waals surface area contributed by atoms with Gasteiger partial charge >= 0.3 is 0 Å². The quantitative estimate of drug-likeness (QED) is 0.831. The number of nitrogens with two attached hydrogens (primary N) is 1. The number of amides is 1. The lowest BCUT2D eigenvalue weighted by Crippen LogP contribution is -2.29. The van der Waals surface area contributed by atoms with Crippen molar-refractivity contribution in [2.75, 3.05) is 13.1 Å². The highest BCUT2D eigenvalue weighted by molar-refractivity contribution is 7.89. The van der Waals surface area contributed by atoms with Gasteiger partial charge in [0.15, 0.2) is 0 Å². The highest BCUT2D eigenvalue weighted by Crippen LogP contribution is 2.41.